The van der Waals surface area contributed by atoms with Gasteiger partial charge in [-0.3, -0.25) is 24.1 Å². The zero-order valence-electron chi connectivity index (χ0n) is 16.8. The topological polar surface area (TPSA) is 92.8 Å². The quantitative estimate of drug-likeness (QED) is 0.586. The minimum atomic E-state index is -0.596. The van der Waals surface area contributed by atoms with Crippen LogP contribution in [0.3, 0.4) is 0 Å². The van der Waals surface area contributed by atoms with Crippen molar-refractivity contribution in [3.8, 4) is 0 Å². The van der Waals surface area contributed by atoms with Crippen molar-refractivity contribution in [3.05, 3.63) is 29.3 Å². The SMILES string of the molecule is Cc1cccc(NC(=O)COC(=O)CCN2C(=O)[C@@H]3[C@@H]4CC[C@@H](C4)[C@@H]3C2=O)c1C. The van der Waals surface area contributed by atoms with Crippen LogP contribution in [0.1, 0.15) is 36.8 Å². The van der Waals surface area contributed by atoms with E-state index in [-0.39, 0.29) is 36.6 Å². The molecule has 0 unspecified atom stereocenters. The first kappa shape index (κ1) is 19.6. The van der Waals surface area contributed by atoms with Gasteiger partial charge in [-0.05, 0) is 62.1 Å². The molecule has 3 amide bonds. The van der Waals surface area contributed by atoms with Crippen molar-refractivity contribution in [2.75, 3.05) is 18.5 Å². The van der Waals surface area contributed by atoms with Gasteiger partial charge in [-0.15, -0.1) is 0 Å². The number of esters is 1. The zero-order chi connectivity index (χ0) is 20.7. The lowest BCUT2D eigenvalue weighted by atomic mass is 9.81. The van der Waals surface area contributed by atoms with Crippen LogP contribution in [0, 0.1) is 37.5 Å². The molecule has 7 nitrogen and oxygen atoms in total. The van der Waals surface area contributed by atoms with Crippen LogP contribution in [0.2, 0.25) is 0 Å². The predicted octanol–water partition coefficient (Wildman–Crippen LogP) is 2.21. The third-order valence-corrected chi connectivity index (χ3v) is 6.80. The highest BCUT2D eigenvalue weighted by atomic mass is 16.5. The monoisotopic (exact) mass is 398 g/mol. The first-order chi connectivity index (χ1) is 13.9. The van der Waals surface area contributed by atoms with Crippen LogP contribution in [0.15, 0.2) is 18.2 Å². The summed E-state index contributed by atoms with van der Waals surface area (Å²) in [7, 11) is 0. The molecule has 1 heterocycles. The molecule has 1 aromatic rings. The minimum absolute atomic E-state index is 0.0293. The summed E-state index contributed by atoms with van der Waals surface area (Å²) in [5.74, 6) is -0.992. The van der Waals surface area contributed by atoms with E-state index >= 15 is 0 Å². The molecule has 2 aliphatic carbocycles. The highest BCUT2D eigenvalue weighted by molar-refractivity contribution is 6.06. The number of hydrogen-bond donors (Lipinski definition) is 1. The van der Waals surface area contributed by atoms with Gasteiger partial charge in [0.25, 0.3) is 5.91 Å². The smallest absolute Gasteiger partial charge is 0.308 e. The van der Waals surface area contributed by atoms with Gasteiger partial charge in [-0.25, -0.2) is 0 Å². The lowest BCUT2D eigenvalue weighted by Crippen LogP contribution is -2.35. The molecular formula is C22H26N2O5. The van der Waals surface area contributed by atoms with E-state index in [4.69, 9.17) is 4.74 Å². The second-order valence-corrected chi connectivity index (χ2v) is 8.42. The van der Waals surface area contributed by atoms with Gasteiger partial charge in [0.15, 0.2) is 6.61 Å². The Labute approximate surface area is 169 Å². The Morgan fingerprint density at radius 2 is 1.76 bits per heavy atom. The van der Waals surface area contributed by atoms with Crippen molar-refractivity contribution in [2.24, 2.45) is 23.7 Å². The number of likely N-dealkylation sites (tertiary alicyclic amines) is 1. The fraction of sp³-hybridized carbons (Fsp3) is 0.545. The van der Waals surface area contributed by atoms with Crippen molar-refractivity contribution in [3.63, 3.8) is 0 Å². The molecule has 29 heavy (non-hydrogen) atoms. The summed E-state index contributed by atoms with van der Waals surface area (Å²) in [5, 5.41) is 2.73. The van der Waals surface area contributed by atoms with E-state index < -0.39 is 18.5 Å². The summed E-state index contributed by atoms with van der Waals surface area (Å²) < 4.78 is 5.02. The van der Waals surface area contributed by atoms with Gasteiger partial charge in [-0.1, -0.05) is 12.1 Å². The Balaban J connectivity index is 1.24. The van der Waals surface area contributed by atoms with E-state index in [1.165, 1.54) is 4.90 Å². The third kappa shape index (κ3) is 3.54. The number of anilines is 1. The lowest BCUT2D eigenvalue weighted by molar-refractivity contribution is -0.149. The van der Waals surface area contributed by atoms with E-state index in [9.17, 15) is 19.2 Å². The predicted molar refractivity (Wildman–Crippen MR) is 105 cm³/mol. The molecule has 3 fully saturated rings. The minimum Gasteiger partial charge on any atom is -0.456 e. The summed E-state index contributed by atoms with van der Waals surface area (Å²) in [6.07, 6.45) is 2.94. The van der Waals surface area contributed by atoms with E-state index in [0.717, 1.165) is 30.4 Å². The molecule has 1 aliphatic heterocycles. The standard InChI is InChI=1S/C22H26N2O5/c1-12-4-3-5-16(13(12)2)23-17(25)11-29-18(26)8-9-24-21(27)19-14-6-7-15(10-14)20(19)22(24)28/h3-5,14-15,19-20H,6-11H2,1-2H3,(H,23,25)/t14-,15+,19-,20+. The van der Waals surface area contributed by atoms with Gasteiger partial charge in [-0.2, -0.15) is 0 Å². The Morgan fingerprint density at radius 1 is 1.10 bits per heavy atom. The normalized spacial score (nSPS) is 27.3. The molecular weight excluding hydrogens is 372 g/mol. The van der Waals surface area contributed by atoms with Gasteiger partial charge in [0.05, 0.1) is 18.3 Å². The molecule has 2 bridgehead atoms. The van der Waals surface area contributed by atoms with Crippen molar-refractivity contribution in [1.82, 2.24) is 4.90 Å². The van der Waals surface area contributed by atoms with Gasteiger partial charge in [0.2, 0.25) is 11.8 Å². The van der Waals surface area contributed by atoms with E-state index in [1.54, 1.807) is 6.07 Å². The van der Waals surface area contributed by atoms with Crippen LogP contribution >= 0.6 is 0 Å². The molecule has 0 spiro atoms. The van der Waals surface area contributed by atoms with Crippen molar-refractivity contribution in [1.29, 1.82) is 0 Å². The van der Waals surface area contributed by atoms with Crippen LogP contribution in [-0.4, -0.2) is 41.7 Å². The maximum absolute atomic E-state index is 12.6. The number of aryl methyl sites for hydroxylation is 1. The molecule has 0 aromatic heterocycles. The summed E-state index contributed by atoms with van der Waals surface area (Å²) in [5.41, 5.74) is 2.69. The highest BCUT2D eigenvalue weighted by Crippen LogP contribution is 2.56. The molecule has 4 atom stereocenters. The largest absolute Gasteiger partial charge is 0.456 e. The van der Waals surface area contributed by atoms with E-state index in [0.29, 0.717) is 17.5 Å². The average molecular weight is 398 g/mol. The molecule has 1 N–H and O–H groups in total. The number of ether oxygens (including phenoxy) is 1. The number of imide groups is 1. The number of fused-ring (bicyclic) bond motifs is 5. The van der Waals surface area contributed by atoms with Crippen molar-refractivity contribution < 1.29 is 23.9 Å². The molecule has 7 heteroatoms. The van der Waals surface area contributed by atoms with Crippen LogP contribution in [0.25, 0.3) is 0 Å². The van der Waals surface area contributed by atoms with Crippen molar-refractivity contribution >= 4 is 29.4 Å². The molecule has 4 rings (SSSR count). The van der Waals surface area contributed by atoms with Crippen LogP contribution < -0.4 is 5.32 Å². The second kappa shape index (κ2) is 7.61. The Bertz CT molecular complexity index is 852. The molecule has 1 saturated heterocycles. The number of amides is 3. The average Bonchev–Trinajstić information content (AvgIpc) is 3.37. The van der Waals surface area contributed by atoms with Gasteiger partial charge in [0, 0.05) is 12.2 Å². The summed E-state index contributed by atoms with van der Waals surface area (Å²) in [4.78, 5) is 50.5. The fourth-order valence-corrected chi connectivity index (χ4v) is 5.18. The third-order valence-electron chi connectivity index (χ3n) is 6.80. The Morgan fingerprint density at radius 3 is 2.41 bits per heavy atom. The van der Waals surface area contributed by atoms with E-state index in [2.05, 4.69) is 5.32 Å². The van der Waals surface area contributed by atoms with Gasteiger partial charge in [0.1, 0.15) is 0 Å². The zero-order valence-corrected chi connectivity index (χ0v) is 16.8. The van der Waals surface area contributed by atoms with Gasteiger partial charge >= 0.3 is 5.97 Å². The summed E-state index contributed by atoms with van der Waals surface area (Å²) in [6.45, 7) is 3.49. The van der Waals surface area contributed by atoms with Crippen molar-refractivity contribution in [2.45, 2.75) is 39.5 Å². The number of carbonyl (C=O) groups is 4. The number of hydrogen-bond acceptors (Lipinski definition) is 5. The highest BCUT2D eigenvalue weighted by Gasteiger charge is 2.60. The number of nitrogens with zero attached hydrogens (tertiary/aromatic N) is 1. The number of carbonyl (C=O) groups excluding carboxylic acids is 4. The summed E-state index contributed by atoms with van der Waals surface area (Å²) >= 11 is 0. The van der Waals surface area contributed by atoms with Gasteiger partial charge < -0.3 is 10.1 Å². The molecule has 1 aromatic carbocycles. The summed E-state index contributed by atoms with van der Waals surface area (Å²) in [6, 6.07) is 5.58. The molecule has 154 valence electrons. The molecule has 0 radical (unpaired) electrons. The maximum atomic E-state index is 12.6. The van der Waals surface area contributed by atoms with Crippen LogP contribution in [0.5, 0.6) is 0 Å². The van der Waals surface area contributed by atoms with E-state index in [1.807, 2.05) is 26.0 Å². The number of rotatable bonds is 6. The second-order valence-electron chi connectivity index (χ2n) is 8.42. The molecule has 3 aliphatic rings. The van der Waals surface area contributed by atoms with Crippen LogP contribution in [-0.2, 0) is 23.9 Å². The maximum Gasteiger partial charge on any atom is 0.308 e. The van der Waals surface area contributed by atoms with Crippen LogP contribution in [0.4, 0.5) is 5.69 Å². The lowest BCUT2D eigenvalue weighted by Gasteiger charge is -2.19. The Hall–Kier alpha value is -2.70. The fourth-order valence-electron chi connectivity index (χ4n) is 5.18. The first-order valence-corrected chi connectivity index (χ1v) is 10.2. The number of benzene rings is 1. The molecule has 2 saturated carbocycles. The Kier molecular flexibility index (Phi) is 5.15. The number of nitrogens with one attached hydrogen (secondary N) is 1. The first-order valence-electron chi connectivity index (χ1n) is 10.2.